The van der Waals surface area contributed by atoms with Gasteiger partial charge in [0.15, 0.2) is 0 Å². The van der Waals surface area contributed by atoms with E-state index in [4.69, 9.17) is 23.2 Å². The summed E-state index contributed by atoms with van der Waals surface area (Å²) in [5.74, 6) is 0. The smallest absolute Gasteiger partial charge is 0.224 e. The number of benzene rings is 1. The molecule has 2 heterocycles. The lowest BCUT2D eigenvalue weighted by atomic mass is 10.1. The van der Waals surface area contributed by atoms with Crippen molar-refractivity contribution in [3.05, 3.63) is 28.6 Å². The maximum Gasteiger partial charge on any atom is 0.224 e. The molecular formula is C13H13Cl2N3. The molecule has 94 valence electrons. The molecule has 0 unspecified atom stereocenters. The second-order valence-electron chi connectivity index (χ2n) is 4.53. The third-order valence-corrected chi connectivity index (χ3v) is 3.79. The molecule has 3 rings (SSSR count). The largest absolute Gasteiger partial charge is 0.371 e. The summed E-state index contributed by atoms with van der Waals surface area (Å²) in [6.07, 6.45) is 3.83. The lowest BCUT2D eigenvalue weighted by molar-refractivity contribution is 0.578. The number of hydrogen-bond acceptors (Lipinski definition) is 3. The average Bonchev–Trinajstić information content (AvgIpc) is 2.39. The van der Waals surface area contributed by atoms with Crippen LogP contribution >= 0.6 is 23.2 Å². The summed E-state index contributed by atoms with van der Waals surface area (Å²) in [5.41, 5.74) is 2.00. The number of nitrogens with zero attached hydrogens (tertiary/aromatic N) is 3. The van der Waals surface area contributed by atoms with Crippen molar-refractivity contribution in [2.75, 3.05) is 18.0 Å². The molecule has 0 N–H and O–H groups in total. The maximum absolute atomic E-state index is 6.05. The zero-order valence-electron chi connectivity index (χ0n) is 9.87. The summed E-state index contributed by atoms with van der Waals surface area (Å²) >= 11 is 11.9. The molecule has 1 saturated heterocycles. The molecule has 2 aromatic rings. The summed E-state index contributed by atoms with van der Waals surface area (Å²) in [5, 5.41) is 1.46. The zero-order chi connectivity index (χ0) is 12.5. The Morgan fingerprint density at radius 2 is 1.78 bits per heavy atom. The third kappa shape index (κ3) is 2.25. The minimum Gasteiger partial charge on any atom is -0.371 e. The Morgan fingerprint density at radius 1 is 1.00 bits per heavy atom. The van der Waals surface area contributed by atoms with E-state index in [2.05, 4.69) is 20.9 Å². The predicted molar refractivity (Wildman–Crippen MR) is 75.6 cm³/mol. The molecule has 1 aliphatic heterocycles. The van der Waals surface area contributed by atoms with E-state index in [0.717, 1.165) is 24.0 Å². The van der Waals surface area contributed by atoms with E-state index >= 15 is 0 Å². The van der Waals surface area contributed by atoms with Crippen LogP contribution in [-0.2, 0) is 0 Å². The Morgan fingerprint density at radius 3 is 2.56 bits per heavy atom. The average molecular weight is 282 g/mol. The summed E-state index contributed by atoms with van der Waals surface area (Å²) < 4.78 is 0. The lowest BCUT2D eigenvalue weighted by Crippen LogP contribution is -2.29. The van der Waals surface area contributed by atoms with Crippen molar-refractivity contribution in [3.63, 3.8) is 0 Å². The highest BCUT2D eigenvalue weighted by Crippen LogP contribution is 2.27. The van der Waals surface area contributed by atoms with Crippen LogP contribution in [0.1, 0.15) is 19.3 Å². The van der Waals surface area contributed by atoms with Gasteiger partial charge in [0.05, 0.1) is 5.52 Å². The molecule has 1 aliphatic rings. The van der Waals surface area contributed by atoms with Gasteiger partial charge in [-0.3, -0.25) is 0 Å². The molecule has 0 bridgehead atoms. The van der Waals surface area contributed by atoms with Gasteiger partial charge < -0.3 is 4.90 Å². The Kier molecular flexibility index (Phi) is 3.27. The quantitative estimate of drug-likeness (QED) is 0.586. The summed E-state index contributed by atoms with van der Waals surface area (Å²) in [6, 6.07) is 6.09. The van der Waals surface area contributed by atoms with Gasteiger partial charge in [0, 0.05) is 24.2 Å². The van der Waals surface area contributed by atoms with E-state index in [1.807, 2.05) is 12.1 Å². The topological polar surface area (TPSA) is 29.0 Å². The third-order valence-electron chi connectivity index (χ3n) is 3.33. The Balaban J connectivity index is 2.04. The molecule has 1 aromatic heterocycles. The van der Waals surface area contributed by atoms with E-state index in [9.17, 15) is 0 Å². The fourth-order valence-electron chi connectivity index (χ4n) is 2.40. The molecule has 18 heavy (non-hydrogen) atoms. The van der Waals surface area contributed by atoms with Crippen molar-refractivity contribution in [1.82, 2.24) is 9.97 Å². The van der Waals surface area contributed by atoms with Crippen molar-refractivity contribution in [2.24, 2.45) is 0 Å². The van der Waals surface area contributed by atoms with Crippen LogP contribution < -0.4 is 4.90 Å². The molecule has 1 aromatic carbocycles. The number of piperidine rings is 1. The molecule has 5 heteroatoms. The molecule has 0 aliphatic carbocycles. The van der Waals surface area contributed by atoms with Crippen LogP contribution in [0, 0.1) is 0 Å². The standard InChI is InChI=1S/C13H13Cl2N3/c14-12-10-5-4-9(18-6-2-1-3-7-18)8-11(10)16-13(15)17-12/h4-5,8H,1-3,6-7H2. The summed E-state index contributed by atoms with van der Waals surface area (Å²) in [4.78, 5) is 10.6. The van der Waals surface area contributed by atoms with Gasteiger partial charge in [-0.25, -0.2) is 9.97 Å². The van der Waals surface area contributed by atoms with Gasteiger partial charge >= 0.3 is 0 Å². The number of rotatable bonds is 1. The van der Waals surface area contributed by atoms with Crippen molar-refractivity contribution in [2.45, 2.75) is 19.3 Å². The highest BCUT2D eigenvalue weighted by molar-refractivity contribution is 6.35. The van der Waals surface area contributed by atoms with Gasteiger partial charge in [-0.2, -0.15) is 0 Å². The first-order valence-corrected chi connectivity index (χ1v) is 6.87. The number of fused-ring (bicyclic) bond motifs is 1. The second-order valence-corrected chi connectivity index (χ2v) is 5.23. The van der Waals surface area contributed by atoms with Gasteiger partial charge in [0.25, 0.3) is 0 Å². The molecule has 0 spiro atoms. The molecular weight excluding hydrogens is 269 g/mol. The minimum atomic E-state index is 0.197. The Hall–Kier alpha value is -1.06. The first-order valence-electron chi connectivity index (χ1n) is 6.12. The number of anilines is 1. The van der Waals surface area contributed by atoms with Crippen LogP contribution in [0.5, 0.6) is 0 Å². The van der Waals surface area contributed by atoms with Crippen molar-refractivity contribution < 1.29 is 0 Å². The van der Waals surface area contributed by atoms with E-state index in [1.165, 1.54) is 24.9 Å². The van der Waals surface area contributed by atoms with Crippen LogP contribution in [0.2, 0.25) is 10.4 Å². The first-order chi connectivity index (χ1) is 8.74. The van der Waals surface area contributed by atoms with Gasteiger partial charge in [-0.05, 0) is 49.1 Å². The number of hydrogen-bond donors (Lipinski definition) is 0. The van der Waals surface area contributed by atoms with Crippen molar-refractivity contribution >= 4 is 39.8 Å². The Bertz CT molecular complexity index is 580. The van der Waals surface area contributed by atoms with Gasteiger partial charge in [-0.1, -0.05) is 11.6 Å². The molecule has 0 saturated carbocycles. The molecule has 3 nitrogen and oxygen atoms in total. The molecule has 0 radical (unpaired) electrons. The van der Waals surface area contributed by atoms with Crippen molar-refractivity contribution in [3.8, 4) is 0 Å². The fourth-order valence-corrected chi connectivity index (χ4v) is 2.86. The predicted octanol–water partition coefficient (Wildman–Crippen LogP) is 3.93. The molecule has 1 fully saturated rings. The van der Waals surface area contributed by atoms with Gasteiger partial charge in [0.1, 0.15) is 5.15 Å². The normalized spacial score (nSPS) is 16.2. The summed E-state index contributed by atoms with van der Waals surface area (Å²) in [6.45, 7) is 2.22. The Labute approximate surface area is 116 Å². The second kappa shape index (κ2) is 4.90. The van der Waals surface area contributed by atoms with Gasteiger partial charge in [-0.15, -0.1) is 0 Å². The minimum absolute atomic E-state index is 0.197. The first kappa shape index (κ1) is 12.0. The van der Waals surface area contributed by atoms with Crippen LogP contribution in [-0.4, -0.2) is 23.1 Å². The lowest BCUT2D eigenvalue weighted by Gasteiger charge is -2.28. The van der Waals surface area contributed by atoms with E-state index in [-0.39, 0.29) is 5.28 Å². The number of aromatic nitrogens is 2. The van der Waals surface area contributed by atoms with E-state index < -0.39 is 0 Å². The molecule has 0 amide bonds. The molecule has 0 atom stereocenters. The van der Waals surface area contributed by atoms with Gasteiger partial charge in [0.2, 0.25) is 5.28 Å². The van der Waals surface area contributed by atoms with Crippen LogP contribution in [0.3, 0.4) is 0 Å². The monoisotopic (exact) mass is 281 g/mol. The fraction of sp³-hybridized carbons (Fsp3) is 0.385. The highest BCUT2D eigenvalue weighted by Gasteiger charge is 2.12. The van der Waals surface area contributed by atoms with Crippen LogP contribution in [0.15, 0.2) is 18.2 Å². The SMILES string of the molecule is Clc1nc(Cl)c2ccc(N3CCCCC3)cc2n1. The van der Waals surface area contributed by atoms with Crippen LogP contribution in [0.4, 0.5) is 5.69 Å². The van der Waals surface area contributed by atoms with E-state index in [1.54, 1.807) is 0 Å². The zero-order valence-corrected chi connectivity index (χ0v) is 11.4. The van der Waals surface area contributed by atoms with Crippen molar-refractivity contribution in [1.29, 1.82) is 0 Å². The highest BCUT2D eigenvalue weighted by atomic mass is 35.5. The van der Waals surface area contributed by atoms with Crippen LogP contribution in [0.25, 0.3) is 10.9 Å². The number of halogens is 2. The maximum atomic E-state index is 6.05. The van der Waals surface area contributed by atoms with E-state index in [0.29, 0.717) is 5.15 Å². The summed E-state index contributed by atoms with van der Waals surface area (Å²) in [7, 11) is 0.